The molecule has 0 saturated heterocycles. The average molecular weight is 544 g/mol. The lowest BCUT2D eigenvalue weighted by Crippen LogP contribution is -2.40. The third kappa shape index (κ3) is 9.20. The molecular formula is C30H42FN3O5. The molecule has 8 nitrogen and oxygen atoms in total. The van der Waals surface area contributed by atoms with Crippen molar-refractivity contribution >= 4 is 17.9 Å². The number of hydrogen-bond acceptors (Lipinski definition) is 7. The Labute approximate surface area is 231 Å². The largest absolute Gasteiger partial charge is 0.494 e. The second-order valence-electron chi connectivity index (χ2n) is 10.7. The zero-order chi connectivity index (χ0) is 28.4. The van der Waals surface area contributed by atoms with E-state index < -0.39 is 11.4 Å². The molecule has 1 aromatic heterocycles. The number of esters is 1. The predicted octanol–water partition coefficient (Wildman–Crippen LogP) is 5.91. The van der Waals surface area contributed by atoms with Crippen LogP contribution in [0.5, 0.6) is 5.75 Å². The van der Waals surface area contributed by atoms with Crippen LogP contribution < -0.4 is 15.0 Å². The predicted molar refractivity (Wildman–Crippen MR) is 149 cm³/mol. The van der Waals surface area contributed by atoms with Crippen LogP contribution in [0.3, 0.4) is 0 Å². The van der Waals surface area contributed by atoms with Crippen molar-refractivity contribution in [3.8, 4) is 5.75 Å². The van der Waals surface area contributed by atoms with E-state index in [1.54, 1.807) is 24.0 Å². The number of fused-ring (bicyclic) bond motifs is 1. The molecule has 1 amide bonds. The van der Waals surface area contributed by atoms with Gasteiger partial charge in [-0.3, -0.25) is 9.69 Å². The number of halogens is 1. The number of ether oxygens (including phenoxy) is 3. The number of benzene rings is 1. The molecule has 0 unspecified atom stereocenters. The van der Waals surface area contributed by atoms with Gasteiger partial charge in [-0.1, -0.05) is 18.6 Å². The molecule has 1 aliphatic rings. The lowest BCUT2D eigenvalue weighted by molar-refractivity contribution is -0.143. The number of nitrogens with zero attached hydrogens (tertiary/aromatic N) is 2. The fourth-order valence-corrected chi connectivity index (χ4v) is 4.59. The first kappa shape index (κ1) is 30.3. The molecule has 2 aromatic rings. The van der Waals surface area contributed by atoms with E-state index >= 15 is 0 Å². The molecule has 9 heteroatoms. The molecule has 0 fully saturated rings. The van der Waals surface area contributed by atoms with Gasteiger partial charge in [0.25, 0.3) is 0 Å². The molecule has 0 radical (unpaired) electrons. The molecule has 214 valence electrons. The number of carbonyl (C=O) groups excluding carboxylic acids is 2. The van der Waals surface area contributed by atoms with Gasteiger partial charge in [-0.25, -0.2) is 14.2 Å². The summed E-state index contributed by atoms with van der Waals surface area (Å²) in [5.74, 6) is 0.0837. The van der Waals surface area contributed by atoms with Crippen LogP contribution in [0.2, 0.25) is 0 Å². The fourth-order valence-electron chi connectivity index (χ4n) is 4.59. The van der Waals surface area contributed by atoms with Crippen molar-refractivity contribution in [1.82, 2.24) is 10.3 Å². The topological polar surface area (TPSA) is 90.0 Å². The van der Waals surface area contributed by atoms with Gasteiger partial charge in [0.05, 0.1) is 20.1 Å². The third-order valence-corrected chi connectivity index (χ3v) is 6.47. The number of nitrogens with one attached hydrogen (secondary N) is 1. The summed E-state index contributed by atoms with van der Waals surface area (Å²) in [5.41, 5.74) is 2.14. The Kier molecular flexibility index (Phi) is 11.1. The summed E-state index contributed by atoms with van der Waals surface area (Å²) in [5, 5.41) is 3.38. The van der Waals surface area contributed by atoms with Crippen LogP contribution in [-0.2, 0) is 27.1 Å². The van der Waals surface area contributed by atoms with Gasteiger partial charge in [0, 0.05) is 18.3 Å². The Bertz CT molecular complexity index is 1120. The van der Waals surface area contributed by atoms with Gasteiger partial charge < -0.3 is 19.5 Å². The van der Waals surface area contributed by atoms with Crippen LogP contribution in [0.25, 0.3) is 0 Å². The van der Waals surface area contributed by atoms with Crippen molar-refractivity contribution in [1.29, 1.82) is 0 Å². The van der Waals surface area contributed by atoms with Crippen LogP contribution in [0.1, 0.15) is 82.7 Å². The van der Waals surface area contributed by atoms with Gasteiger partial charge in [-0.2, -0.15) is 0 Å². The summed E-state index contributed by atoms with van der Waals surface area (Å²) in [6.45, 7) is 8.93. The number of anilines is 1. The van der Waals surface area contributed by atoms with E-state index in [4.69, 9.17) is 19.2 Å². The Morgan fingerprint density at radius 2 is 1.95 bits per heavy atom. The standard InChI is InChI=1S/C30H42FN3O5/c1-6-38-27(35)20-25(22-14-16-26(37-5)24(31)19-22)32-17-9-7-8-12-23-15-13-21-11-10-18-34(28(21)33-23)29(36)39-30(2,3)4/h13-16,19,25,32H,6-12,17-18,20H2,1-5H3/t25-/m1/s1. The summed E-state index contributed by atoms with van der Waals surface area (Å²) in [7, 11) is 1.42. The quantitative estimate of drug-likeness (QED) is 0.263. The summed E-state index contributed by atoms with van der Waals surface area (Å²) < 4.78 is 30.0. The highest BCUT2D eigenvalue weighted by molar-refractivity contribution is 5.88. The monoisotopic (exact) mass is 543 g/mol. The molecule has 1 aliphatic heterocycles. The minimum absolute atomic E-state index is 0.118. The van der Waals surface area contributed by atoms with Gasteiger partial charge >= 0.3 is 12.1 Å². The molecule has 0 saturated carbocycles. The van der Waals surface area contributed by atoms with E-state index in [0.717, 1.165) is 49.8 Å². The number of methoxy groups -OCH3 is 1. The maximum absolute atomic E-state index is 14.3. The van der Waals surface area contributed by atoms with Crippen molar-refractivity contribution in [2.45, 2.75) is 84.3 Å². The zero-order valence-electron chi connectivity index (χ0n) is 23.8. The van der Waals surface area contributed by atoms with Gasteiger partial charge in [-0.15, -0.1) is 0 Å². The van der Waals surface area contributed by atoms with Crippen LogP contribution >= 0.6 is 0 Å². The minimum Gasteiger partial charge on any atom is -0.494 e. The van der Waals surface area contributed by atoms with E-state index in [0.29, 0.717) is 31.1 Å². The normalized spacial score (nSPS) is 13.9. The first-order valence-corrected chi connectivity index (χ1v) is 13.8. The van der Waals surface area contributed by atoms with E-state index in [2.05, 4.69) is 11.4 Å². The van der Waals surface area contributed by atoms with Crippen molar-refractivity contribution in [2.75, 3.05) is 31.7 Å². The summed E-state index contributed by atoms with van der Waals surface area (Å²) in [6, 6.07) is 8.50. The number of hydrogen-bond donors (Lipinski definition) is 1. The van der Waals surface area contributed by atoms with Crippen molar-refractivity contribution < 1.29 is 28.2 Å². The van der Waals surface area contributed by atoms with E-state index in [1.807, 2.05) is 26.8 Å². The van der Waals surface area contributed by atoms with E-state index in [-0.39, 0.29) is 30.3 Å². The maximum Gasteiger partial charge on any atom is 0.416 e. The van der Waals surface area contributed by atoms with Crippen molar-refractivity contribution in [2.24, 2.45) is 0 Å². The number of aromatic nitrogens is 1. The first-order chi connectivity index (χ1) is 18.6. The molecule has 3 rings (SSSR count). The molecule has 1 N–H and O–H groups in total. The van der Waals surface area contributed by atoms with Crippen molar-refractivity contribution in [3.05, 3.63) is 53.0 Å². The van der Waals surface area contributed by atoms with Crippen LogP contribution in [0, 0.1) is 5.82 Å². The van der Waals surface area contributed by atoms with E-state index in [9.17, 15) is 14.0 Å². The Hall–Kier alpha value is -3.20. The number of rotatable bonds is 12. The zero-order valence-corrected chi connectivity index (χ0v) is 23.8. The number of amides is 1. The molecule has 39 heavy (non-hydrogen) atoms. The highest BCUT2D eigenvalue weighted by Gasteiger charge is 2.28. The van der Waals surface area contributed by atoms with Crippen LogP contribution in [0.4, 0.5) is 15.0 Å². The Morgan fingerprint density at radius 1 is 1.15 bits per heavy atom. The number of aryl methyl sites for hydroxylation is 2. The number of pyridine rings is 1. The summed E-state index contributed by atoms with van der Waals surface area (Å²) in [6.07, 6.45) is 5.11. The van der Waals surface area contributed by atoms with Crippen LogP contribution in [-0.4, -0.2) is 49.5 Å². The van der Waals surface area contributed by atoms with Crippen molar-refractivity contribution in [3.63, 3.8) is 0 Å². The fraction of sp³-hybridized carbons (Fsp3) is 0.567. The summed E-state index contributed by atoms with van der Waals surface area (Å²) >= 11 is 0. The average Bonchev–Trinajstić information content (AvgIpc) is 2.88. The van der Waals surface area contributed by atoms with E-state index in [1.165, 1.54) is 13.2 Å². The van der Waals surface area contributed by atoms with Crippen LogP contribution in [0.15, 0.2) is 30.3 Å². The lowest BCUT2D eigenvalue weighted by Gasteiger charge is -2.31. The SMILES string of the molecule is CCOC(=O)C[C@@H](NCCCCCc1ccc2c(n1)N(C(=O)OC(C)(C)C)CCC2)c1ccc(OC)c(F)c1. The Morgan fingerprint density at radius 3 is 2.64 bits per heavy atom. The number of carbonyl (C=O) groups is 2. The second kappa shape index (κ2) is 14.3. The highest BCUT2D eigenvalue weighted by Crippen LogP contribution is 2.28. The van der Waals surface area contributed by atoms with Gasteiger partial charge in [0.2, 0.25) is 0 Å². The molecule has 1 aromatic carbocycles. The molecule has 1 atom stereocenters. The molecule has 0 spiro atoms. The van der Waals surface area contributed by atoms with Gasteiger partial charge in [-0.05, 0) is 95.7 Å². The maximum atomic E-state index is 14.3. The molecular weight excluding hydrogens is 501 g/mol. The molecule has 0 bridgehead atoms. The van der Waals surface area contributed by atoms with Gasteiger partial charge in [0.15, 0.2) is 11.6 Å². The third-order valence-electron chi connectivity index (χ3n) is 6.47. The number of unbranched alkanes of at least 4 members (excludes halogenated alkanes) is 2. The van der Waals surface area contributed by atoms with Gasteiger partial charge in [0.1, 0.15) is 11.4 Å². The molecule has 2 heterocycles. The minimum atomic E-state index is -0.558. The summed E-state index contributed by atoms with van der Waals surface area (Å²) in [4.78, 5) is 31.3. The lowest BCUT2D eigenvalue weighted by atomic mass is 10.0. The Balaban J connectivity index is 1.52. The first-order valence-electron chi connectivity index (χ1n) is 13.8. The highest BCUT2D eigenvalue weighted by atomic mass is 19.1. The smallest absolute Gasteiger partial charge is 0.416 e. The molecule has 0 aliphatic carbocycles. The second-order valence-corrected chi connectivity index (χ2v) is 10.7.